The molecule has 0 atom stereocenters. The molecule has 0 aliphatic heterocycles. The van der Waals surface area contributed by atoms with Crippen LogP contribution in [0.2, 0.25) is 0 Å². The smallest absolute Gasteiger partial charge is 0.338 e. The number of aromatic carboxylic acids is 1. The lowest BCUT2D eigenvalue weighted by Gasteiger charge is -2.18. The summed E-state index contributed by atoms with van der Waals surface area (Å²) in [6, 6.07) is 1.49. The van der Waals surface area contributed by atoms with Gasteiger partial charge in [0.05, 0.1) is 22.9 Å². The lowest BCUT2D eigenvalue weighted by molar-refractivity contribution is 0.0696. The number of nitrogens with zero attached hydrogens (tertiary/aromatic N) is 2. The first-order valence-corrected chi connectivity index (χ1v) is 5.25. The maximum atomic E-state index is 10.7. The van der Waals surface area contributed by atoms with Gasteiger partial charge in [0.15, 0.2) is 0 Å². The maximum Gasteiger partial charge on any atom is 0.338 e. The zero-order valence-corrected chi connectivity index (χ0v) is 9.97. The summed E-state index contributed by atoms with van der Waals surface area (Å²) in [6.07, 6.45) is 4.73. The number of carboxylic acid groups (broad SMARTS) is 1. The Balaban J connectivity index is 2.34. The van der Waals surface area contributed by atoms with Crippen molar-refractivity contribution in [3.8, 4) is 11.3 Å². The lowest BCUT2D eigenvalue weighted by Crippen LogP contribution is -2.21. The van der Waals surface area contributed by atoms with Crippen LogP contribution in [0.5, 0.6) is 0 Å². The average Bonchev–Trinajstić information content (AvgIpc) is 2.85. The van der Waals surface area contributed by atoms with E-state index in [9.17, 15) is 4.79 Å². The van der Waals surface area contributed by atoms with E-state index in [1.54, 1.807) is 6.20 Å². The van der Waals surface area contributed by atoms with Crippen molar-refractivity contribution >= 4 is 5.97 Å². The van der Waals surface area contributed by atoms with Crippen LogP contribution in [0, 0.1) is 0 Å². The third-order valence-electron chi connectivity index (χ3n) is 2.40. The fourth-order valence-electron chi connectivity index (χ4n) is 1.42. The van der Waals surface area contributed by atoms with E-state index in [1.807, 2.05) is 31.6 Å². The van der Waals surface area contributed by atoms with Crippen molar-refractivity contribution in [3.05, 3.63) is 30.3 Å². The van der Waals surface area contributed by atoms with E-state index in [4.69, 9.17) is 9.52 Å². The fraction of sp³-hybridized carbons (Fsp3) is 0.333. The van der Waals surface area contributed by atoms with Crippen LogP contribution in [0.1, 0.15) is 31.1 Å². The molecular weight excluding hydrogens is 220 g/mol. The highest BCUT2D eigenvalue weighted by molar-refractivity contribution is 5.88. The van der Waals surface area contributed by atoms with Gasteiger partial charge in [0.1, 0.15) is 12.0 Å². The van der Waals surface area contributed by atoms with Crippen molar-refractivity contribution in [2.24, 2.45) is 0 Å². The van der Waals surface area contributed by atoms with Gasteiger partial charge in [-0.25, -0.2) is 4.79 Å². The van der Waals surface area contributed by atoms with Gasteiger partial charge in [0, 0.05) is 6.20 Å². The summed E-state index contributed by atoms with van der Waals surface area (Å²) in [4.78, 5) is 10.7. The normalized spacial score (nSPS) is 11.7. The molecule has 0 saturated carbocycles. The maximum absolute atomic E-state index is 10.7. The lowest BCUT2D eigenvalue weighted by atomic mass is 10.1. The molecule has 2 heterocycles. The highest BCUT2D eigenvalue weighted by atomic mass is 16.4. The molecule has 0 fully saturated rings. The second-order valence-electron chi connectivity index (χ2n) is 4.85. The Bertz CT molecular complexity index is 546. The topological polar surface area (TPSA) is 68.3 Å². The summed E-state index contributed by atoms with van der Waals surface area (Å²) >= 11 is 0. The molecule has 0 aromatic carbocycles. The van der Waals surface area contributed by atoms with E-state index in [0.717, 1.165) is 5.56 Å². The number of furan rings is 1. The standard InChI is InChI=1S/C12H14N2O3/c1-12(2,3)14-6-9(5-13-14)10-4-8(7-17-10)11(15)16/h4-7H,1-3H3,(H,15,16). The number of aromatic nitrogens is 2. The third-order valence-corrected chi connectivity index (χ3v) is 2.40. The second kappa shape index (κ2) is 3.76. The van der Waals surface area contributed by atoms with Gasteiger partial charge in [-0.3, -0.25) is 4.68 Å². The fourth-order valence-corrected chi connectivity index (χ4v) is 1.42. The largest absolute Gasteiger partial charge is 0.478 e. The molecular formula is C12H14N2O3. The van der Waals surface area contributed by atoms with Gasteiger partial charge in [0.2, 0.25) is 0 Å². The predicted molar refractivity (Wildman–Crippen MR) is 61.9 cm³/mol. The van der Waals surface area contributed by atoms with Crippen LogP contribution in [0.4, 0.5) is 0 Å². The molecule has 5 nitrogen and oxygen atoms in total. The molecule has 0 bridgehead atoms. The molecule has 2 aromatic rings. The van der Waals surface area contributed by atoms with Crippen molar-refractivity contribution in [3.63, 3.8) is 0 Å². The number of carboxylic acids is 1. The van der Waals surface area contributed by atoms with Crippen LogP contribution in [-0.4, -0.2) is 20.9 Å². The minimum atomic E-state index is -0.997. The predicted octanol–water partition coefficient (Wildman–Crippen LogP) is 2.60. The van der Waals surface area contributed by atoms with E-state index in [1.165, 1.54) is 12.3 Å². The Morgan fingerprint density at radius 1 is 1.47 bits per heavy atom. The molecule has 0 spiro atoms. The Kier molecular flexibility index (Phi) is 2.53. The van der Waals surface area contributed by atoms with Crippen LogP contribution in [0.15, 0.2) is 29.1 Å². The van der Waals surface area contributed by atoms with E-state index < -0.39 is 5.97 Å². The zero-order valence-electron chi connectivity index (χ0n) is 9.97. The van der Waals surface area contributed by atoms with Gasteiger partial charge in [-0.2, -0.15) is 5.10 Å². The molecule has 90 valence electrons. The van der Waals surface area contributed by atoms with E-state index in [-0.39, 0.29) is 11.1 Å². The van der Waals surface area contributed by atoms with Gasteiger partial charge in [-0.1, -0.05) is 0 Å². The minimum absolute atomic E-state index is 0.111. The van der Waals surface area contributed by atoms with Crippen molar-refractivity contribution < 1.29 is 14.3 Å². The number of rotatable bonds is 2. The molecule has 0 radical (unpaired) electrons. The third kappa shape index (κ3) is 2.22. The molecule has 5 heteroatoms. The van der Waals surface area contributed by atoms with E-state index in [2.05, 4.69) is 5.10 Å². The SMILES string of the molecule is CC(C)(C)n1cc(-c2cc(C(=O)O)co2)cn1. The minimum Gasteiger partial charge on any atom is -0.478 e. The summed E-state index contributed by atoms with van der Waals surface area (Å²) in [5.74, 6) is -0.485. The molecule has 0 amide bonds. The molecule has 1 N–H and O–H groups in total. The van der Waals surface area contributed by atoms with E-state index in [0.29, 0.717) is 5.76 Å². The van der Waals surface area contributed by atoms with Crippen molar-refractivity contribution in [2.75, 3.05) is 0 Å². The zero-order chi connectivity index (χ0) is 12.6. The Morgan fingerprint density at radius 3 is 2.65 bits per heavy atom. The first kappa shape index (κ1) is 11.4. The average molecular weight is 234 g/mol. The summed E-state index contributed by atoms with van der Waals surface area (Å²) < 4.78 is 7.01. The summed E-state index contributed by atoms with van der Waals surface area (Å²) in [5.41, 5.74) is 0.802. The molecule has 17 heavy (non-hydrogen) atoms. The van der Waals surface area contributed by atoms with Crippen LogP contribution >= 0.6 is 0 Å². The molecule has 2 aromatic heterocycles. The van der Waals surface area contributed by atoms with Crippen molar-refractivity contribution in [1.29, 1.82) is 0 Å². The molecule has 2 rings (SSSR count). The first-order chi connectivity index (χ1) is 7.88. The highest BCUT2D eigenvalue weighted by Gasteiger charge is 2.16. The highest BCUT2D eigenvalue weighted by Crippen LogP contribution is 2.23. The number of hydrogen-bond acceptors (Lipinski definition) is 3. The Hall–Kier alpha value is -2.04. The molecule has 0 aliphatic carbocycles. The van der Waals surface area contributed by atoms with Gasteiger partial charge in [-0.15, -0.1) is 0 Å². The second-order valence-corrected chi connectivity index (χ2v) is 4.85. The van der Waals surface area contributed by atoms with Crippen LogP contribution < -0.4 is 0 Å². The van der Waals surface area contributed by atoms with Gasteiger partial charge >= 0.3 is 5.97 Å². The quantitative estimate of drug-likeness (QED) is 0.867. The van der Waals surface area contributed by atoms with E-state index >= 15 is 0 Å². The van der Waals surface area contributed by atoms with Gasteiger partial charge < -0.3 is 9.52 Å². The van der Waals surface area contributed by atoms with Crippen LogP contribution in [0.3, 0.4) is 0 Å². The number of carbonyl (C=O) groups is 1. The molecule has 0 aliphatic rings. The summed E-state index contributed by atoms with van der Waals surface area (Å²) in [6.45, 7) is 6.11. The van der Waals surface area contributed by atoms with Gasteiger partial charge in [-0.05, 0) is 26.8 Å². The summed E-state index contributed by atoms with van der Waals surface area (Å²) in [7, 11) is 0. The van der Waals surface area contributed by atoms with Crippen molar-refractivity contribution in [1.82, 2.24) is 9.78 Å². The number of hydrogen-bond donors (Lipinski definition) is 1. The molecule has 0 unspecified atom stereocenters. The van der Waals surface area contributed by atoms with Crippen LogP contribution in [-0.2, 0) is 5.54 Å². The molecule has 0 saturated heterocycles. The monoisotopic (exact) mass is 234 g/mol. The summed E-state index contributed by atoms with van der Waals surface area (Å²) in [5, 5.41) is 13.0. The van der Waals surface area contributed by atoms with Crippen LogP contribution in [0.25, 0.3) is 11.3 Å². The Morgan fingerprint density at radius 2 is 2.18 bits per heavy atom. The van der Waals surface area contributed by atoms with Crippen molar-refractivity contribution in [2.45, 2.75) is 26.3 Å². The Labute approximate surface area is 98.7 Å². The first-order valence-electron chi connectivity index (χ1n) is 5.25. The van der Waals surface area contributed by atoms with Gasteiger partial charge in [0.25, 0.3) is 0 Å².